The highest BCUT2D eigenvalue weighted by Crippen LogP contribution is 2.32. The lowest BCUT2D eigenvalue weighted by atomic mass is 9.76. The number of rotatable bonds is 4. The van der Waals surface area contributed by atoms with Crippen LogP contribution in [0, 0.1) is 11.8 Å². The average molecular weight is 281 g/mol. The van der Waals surface area contributed by atoms with Gasteiger partial charge in [0.2, 0.25) is 0 Å². The van der Waals surface area contributed by atoms with Crippen LogP contribution in [0.5, 0.6) is 0 Å². The van der Waals surface area contributed by atoms with Gasteiger partial charge in [0.1, 0.15) is 0 Å². The van der Waals surface area contributed by atoms with Crippen molar-refractivity contribution in [2.75, 3.05) is 33.2 Å². The molecule has 3 nitrogen and oxygen atoms in total. The molecule has 1 saturated carbocycles. The molecule has 1 aliphatic heterocycles. The summed E-state index contributed by atoms with van der Waals surface area (Å²) in [5.41, 5.74) is 6.43. The molecule has 1 heterocycles. The van der Waals surface area contributed by atoms with Crippen LogP contribution in [0.15, 0.2) is 0 Å². The second-order valence-electron chi connectivity index (χ2n) is 7.35. The van der Waals surface area contributed by atoms with Crippen molar-refractivity contribution in [1.82, 2.24) is 9.80 Å². The molecule has 1 aliphatic carbocycles. The van der Waals surface area contributed by atoms with E-state index >= 15 is 0 Å². The number of hydrogen-bond donors (Lipinski definition) is 1. The summed E-state index contributed by atoms with van der Waals surface area (Å²) in [6.45, 7) is 9.65. The molecule has 0 radical (unpaired) electrons. The van der Waals surface area contributed by atoms with Crippen LogP contribution in [0.1, 0.15) is 52.4 Å². The van der Waals surface area contributed by atoms with E-state index in [9.17, 15) is 0 Å². The van der Waals surface area contributed by atoms with Gasteiger partial charge in [-0.3, -0.25) is 4.90 Å². The van der Waals surface area contributed by atoms with E-state index in [1.54, 1.807) is 0 Å². The van der Waals surface area contributed by atoms with Crippen molar-refractivity contribution in [3.8, 4) is 0 Å². The Morgan fingerprint density at radius 2 is 2.00 bits per heavy atom. The standard InChI is InChI=1S/C17H35N3/c1-4-6-15-7-8-17(18)16(11-15)13-20-10-5-9-19(3)12-14(20)2/h14-17H,4-13,18H2,1-3H3. The van der Waals surface area contributed by atoms with Gasteiger partial charge in [0.15, 0.2) is 0 Å². The zero-order valence-corrected chi connectivity index (χ0v) is 13.9. The molecule has 0 spiro atoms. The van der Waals surface area contributed by atoms with Gasteiger partial charge < -0.3 is 10.6 Å². The highest BCUT2D eigenvalue weighted by molar-refractivity contribution is 4.86. The third kappa shape index (κ3) is 4.44. The molecule has 0 aromatic rings. The van der Waals surface area contributed by atoms with E-state index in [2.05, 4.69) is 30.7 Å². The topological polar surface area (TPSA) is 32.5 Å². The quantitative estimate of drug-likeness (QED) is 0.859. The first-order valence-corrected chi connectivity index (χ1v) is 8.78. The summed E-state index contributed by atoms with van der Waals surface area (Å²) in [5.74, 6) is 1.67. The van der Waals surface area contributed by atoms with Crippen molar-refractivity contribution in [1.29, 1.82) is 0 Å². The maximum absolute atomic E-state index is 6.43. The van der Waals surface area contributed by atoms with Gasteiger partial charge in [-0.05, 0) is 64.6 Å². The fourth-order valence-electron chi connectivity index (χ4n) is 4.26. The highest BCUT2D eigenvalue weighted by atomic mass is 15.2. The first-order valence-electron chi connectivity index (χ1n) is 8.78. The number of likely N-dealkylation sites (N-methyl/N-ethyl adjacent to an activating group) is 1. The monoisotopic (exact) mass is 281 g/mol. The van der Waals surface area contributed by atoms with Crippen LogP contribution >= 0.6 is 0 Å². The molecule has 0 aromatic carbocycles. The summed E-state index contributed by atoms with van der Waals surface area (Å²) in [4.78, 5) is 5.19. The molecule has 2 aliphatic rings. The second-order valence-corrected chi connectivity index (χ2v) is 7.35. The Labute approximate surface area is 125 Å². The van der Waals surface area contributed by atoms with Crippen LogP contribution in [-0.4, -0.2) is 55.1 Å². The zero-order valence-electron chi connectivity index (χ0n) is 13.9. The fraction of sp³-hybridized carbons (Fsp3) is 1.00. The van der Waals surface area contributed by atoms with E-state index in [4.69, 9.17) is 5.73 Å². The molecule has 2 fully saturated rings. The van der Waals surface area contributed by atoms with Gasteiger partial charge in [0.05, 0.1) is 0 Å². The summed E-state index contributed by atoms with van der Waals surface area (Å²) in [7, 11) is 2.25. The Balaban J connectivity index is 1.89. The van der Waals surface area contributed by atoms with E-state index in [1.165, 1.54) is 64.7 Å². The van der Waals surface area contributed by atoms with Gasteiger partial charge in [-0.1, -0.05) is 19.8 Å². The second kappa shape index (κ2) is 7.77. The lowest BCUT2D eigenvalue weighted by Gasteiger charge is -2.39. The predicted octanol–water partition coefficient (Wildman–Crippen LogP) is 2.56. The van der Waals surface area contributed by atoms with E-state index in [-0.39, 0.29) is 0 Å². The molecule has 20 heavy (non-hydrogen) atoms. The van der Waals surface area contributed by atoms with Crippen LogP contribution in [0.4, 0.5) is 0 Å². The van der Waals surface area contributed by atoms with Crippen molar-refractivity contribution in [2.24, 2.45) is 17.6 Å². The van der Waals surface area contributed by atoms with Crippen LogP contribution in [0.3, 0.4) is 0 Å². The van der Waals surface area contributed by atoms with E-state index in [1.807, 2.05) is 0 Å². The van der Waals surface area contributed by atoms with Crippen molar-refractivity contribution in [3.63, 3.8) is 0 Å². The third-order valence-corrected chi connectivity index (χ3v) is 5.50. The van der Waals surface area contributed by atoms with E-state index < -0.39 is 0 Å². The highest BCUT2D eigenvalue weighted by Gasteiger charge is 2.31. The molecule has 2 rings (SSSR count). The fourth-order valence-corrected chi connectivity index (χ4v) is 4.26. The molecule has 118 valence electrons. The molecule has 0 amide bonds. The largest absolute Gasteiger partial charge is 0.327 e. The first-order chi connectivity index (χ1) is 9.60. The van der Waals surface area contributed by atoms with Crippen LogP contribution in [0.2, 0.25) is 0 Å². The van der Waals surface area contributed by atoms with Crippen molar-refractivity contribution in [2.45, 2.75) is 64.5 Å². The number of nitrogens with two attached hydrogens (primary N) is 1. The van der Waals surface area contributed by atoms with Gasteiger partial charge in [-0.25, -0.2) is 0 Å². The molecule has 4 unspecified atom stereocenters. The Kier molecular flexibility index (Phi) is 6.31. The van der Waals surface area contributed by atoms with E-state index in [0.717, 1.165) is 11.8 Å². The minimum Gasteiger partial charge on any atom is -0.327 e. The maximum Gasteiger partial charge on any atom is 0.0194 e. The normalized spacial score (nSPS) is 37.8. The summed E-state index contributed by atoms with van der Waals surface area (Å²) < 4.78 is 0. The molecular formula is C17H35N3. The smallest absolute Gasteiger partial charge is 0.0194 e. The molecular weight excluding hydrogens is 246 g/mol. The number of hydrogen-bond acceptors (Lipinski definition) is 3. The Morgan fingerprint density at radius 3 is 2.75 bits per heavy atom. The van der Waals surface area contributed by atoms with Crippen molar-refractivity contribution >= 4 is 0 Å². The molecule has 0 aromatic heterocycles. The molecule has 2 N–H and O–H groups in total. The molecule has 1 saturated heterocycles. The van der Waals surface area contributed by atoms with E-state index in [0.29, 0.717) is 12.1 Å². The lowest BCUT2D eigenvalue weighted by molar-refractivity contribution is 0.124. The summed E-state index contributed by atoms with van der Waals surface area (Å²) in [5, 5.41) is 0. The maximum atomic E-state index is 6.43. The van der Waals surface area contributed by atoms with Gasteiger partial charge in [-0.15, -0.1) is 0 Å². The summed E-state index contributed by atoms with van der Waals surface area (Å²) in [6.07, 6.45) is 8.02. The Bertz CT molecular complexity index is 281. The minimum absolute atomic E-state index is 0.441. The van der Waals surface area contributed by atoms with Crippen LogP contribution < -0.4 is 5.73 Å². The Morgan fingerprint density at radius 1 is 1.20 bits per heavy atom. The van der Waals surface area contributed by atoms with Gasteiger partial charge in [0, 0.05) is 25.2 Å². The Hall–Kier alpha value is -0.120. The van der Waals surface area contributed by atoms with Crippen LogP contribution in [0.25, 0.3) is 0 Å². The lowest BCUT2D eigenvalue weighted by Crippen LogP contribution is -2.47. The summed E-state index contributed by atoms with van der Waals surface area (Å²) >= 11 is 0. The zero-order chi connectivity index (χ0) is 14.5. The minimum atomic E-state index is 0.441. The van der Waals surface area contributed by atoms with Crippen molar-refractivity contribution in [3.05, 3.63) is 0 Å². The third-order valence-electron chi connectivity index (χ3n) is 5.50. The van der Waals surface area contributed by atoms with Crippen molar-refractivity contribution < 1.29 is 0 Å². The SMILES string of the molecule is CCCC1CCC(N)C(CN2CCCN(C)CC2C)C1. The molecule has 4 atom stereocenters. The van der Waals surface area contributed by atoms with Gasteiger partial charge in [-0.2, -0.15) is 0 Å². The van der Waals surface area contributed by atoms with Crippen LogP contribution in [-0.2, 0) is 0 Å². The van der Waals surface area contributed by atoms with Gasteiger partial charge >= 0.3 is 0 Å². The number of nitrogens with zero attached hydrogens (tertiary/aromatic N) is 2. The molecule has 0 bridgehead atoms. The average Bonchev–Trinajstić information content (AvgIpc) is 2.55. The molecule has 3 heteroatoms. The van der Waals surface area contributed by atoms with Gasteiger partial charge in [0.25, 0.3) is 0 Å². The first kappa shape index (κ1) is 16.3. The predicted molar refractivity (Wildman–Crippen MR) is 86.9 cm³/mol. The summed E-state index contributed by atoms with van der Waals surface area (Å²) in [6, 6.07) is 1.12.